The van der Waals surface area contributed by atoms with Crippen LogP contribution in [0.3, 0.4) is 0 Å². The van der Waals surface area contributed by atoms with Crippen molar-refractivity contribution in [3.05, 3.63) is 214 Å². The summed E-state index contributed by atoms with van der Waals surface area (Å²) in [5, 5.41) is 0. The Morgan fingerprint density at radius 1 is 0.552 bits per heavy atom. The average Bonchev–Trinajstić information content (AvgIpc) is 4.04. The van der Waals surface area contributed by atoms with Crippen LogP contribution in [0.5, 0.6) is 23.0 Å². The minimum Gasteiger partial charge on any atom is -0.457 e. The molecule has 5 N–H and O–H groups in total. The number of nitrogens with two attached hydrogens (primary N) is 1. The Morgan fingerprint density at radius 3 is 1.62 bits per heavy atom. The molecular formula is C49H42N4O5. The molecule has 0 saturated carbocycles. The van der Waals surface area contributed by atoms with Gasteiger partial charge in [0.1, 0.15) is 23.0 Å². The molecule has 18 bridgehead atoms. The number of carbonyl (C=O) groups is 1. The fourth-order valence-electron chi connectivity index (χ4n) is 8.88. The molecule has 0 radical (unpaired) electrons. The van der Waals surface area contributed by atoms with E-state index in [-0.39, 0.29) is 12.7 Å². The maximum Gasteiger partial charge on any atom is 0.519 e. The van der Waals surface area contributed by atoms with Crippen molar-refractivity contribution in [3.63, 3.8) is 0 Å². The first-order chi connectivity index (χ1) is 28.1. The predicted octanol–water partition coefficient (Wildman–Crippen LogP) is 9.85. The van der Waals surface area contributed by atoms with Gasteiger partial charge in [0.05, 0.1) is 16.2 Å². The smallest absolute Gasteiger partial charge is 0.457 e. The van der Waals surface area contributed by atoms with Crippen LogP contribution in [0, 0.1) is 0 Å². The van der Waals surface area contributed by atoms with Gasteiger partial charge < -0.3 is 39.6 Å². The SMILES string of the molecule is CC12C(N)=C/C=C/C3c4cccc(c4)OCOc4cccc(c4)C(C)(c4ccc3[nH]4)c3ccc([nH]3)C(C)(c3cccc(c3)OC(=O)Oc3cccc1c3)c1ccc2[nH]1. The Labute approximate surface area is 336 Å². The summed E-state index contributed by atoms with van der Waals surface area (Å²) in [5.74, 6) is 1.90. The topological polar surface area (TPSA) is 127 Å². The maximum atomic E-state index is 13.3. The highest BCUT2D eigenvalue weighted by molar-refractivity contribution is 5.68. The lowest BCUT2D eigenvalue weighted by Gasteiger charge is -2.33. The molecule has 9 nitrogen and oxygen atoms in total. The molecule has 4 atom stereocenters. The number of carbonyl (C=O) groups excluding carboxylic acids is 1. The molecule has 9 heteroatoms. The highest BCUT2D eigenvalue weighted by Crippen LogP contribution is 2.46. The number of ether oxygens (including phenoxy) is 4. The normalized spacial score (nSPS) is 23.9. The van der Waals surface area contributed by atoms with Gasteiger partial charge in [0.2, 0.25) is 6.79 Å². The van der Waals surface area contributed by atoms with Crippen molar-refractivity contribution in [1.82, 2.24) is 15.0 Å². The standard InChI is InChI=1S/C49H42N4O5/c1-47-31-10-6-15-36(27-31)57-46(54)58-37-16-7-12-33(28-37)49(3,44-22-21-41(47)52-44)45-24-23-43(53-45)48(2)32-11-5-14-35(26-32)56-29-55-34-13-4-9-30(25-34)38(17-8-18-40(47)50)39-19-20-42(48)51-39/h4-28,38,51-53H,29,50H2,1-3H3/b17-8+,40-18?. The number of aromatic amines is 3. The number of H-pyrrole nitrogens is 3. The highest BCUT2D eigenvalue weighted by atomic mass is 16.7. The summed E-state index contributed by atoms with van der Waals surface area (Å²) >= 11 is 0. The molecule has 10 rings (SSSR count). The molecule has 288 valence electrons. The largest absolute Gasteiger partial charge is 0.519 e. The Balaban J connectivity index is 1.29. The Kier molecular flexibility index (Phi) is 8.05. The van der Waals surface area contributed by atoms with Crippen LogP contribution in [-0.4, -0.2) is 27.9 Å². The lowest BCUT2D eigenvalue weighted by molar-refractivity contribution is 0.119. The molecule has 4 unspecified atom stereocenters. The van der Waals surface area contributed by atoms with E-state index in [2.05, 4.69) is 102 Å². The number of rotatable bonds is 0. The quantitative estimate of drug-likeness (QED) is 0.0900. The summed E-state index contributed by atoms with van der Waals surface area (Å²) in [7, 11) is 0. The number of hydrogen-bond acceptors (Lipinski definition) is 6. The van der Waals surface area contributed by atoms with Crippen molar-refractivity contribution in [2.75, 3.05) is 6.79 Å². The second-order valence-corrected chi connectivity index (χ2v) is 15.8. The third-order valence-electron chi connectivity index (χ3n) is 12.6. The van der Waals surface area contributed by atoms with E-state index in [1.54, 1.807) is 12.1 Å². The third-order valence-corrected chi connectivity index (χ3v) is 12.6. The Bertz CT molecular complexity index is 2790. The molecular weight excluding hydrogens is 725 g/mol. The predicted molar refractivity (Wildman–Crippen MR) is 222 cm³/mol. The van der Waals surface area contributed by atoms with E-state index < -0.39 is 22.4 Å². The molecule has 58 heavy (non-hydrogen) atoms. The molecule has 6 heterocycles. The first-order valence-corrected chi connectivity index (χ1v) is 19.4. The number of aromatic nitrogens is 3. The van der Waals surface area contributed by atoms with Crippen LogP contribution in [0.4, 0.5) is 4.79 Å². The zero-order valence-corrected chi connectivity index (χ0v) is 32.3. The van der Waals surface area contributed by atoms with Crippen LogP contribution < -0.4 is 24.7 Å². The Hall–Kier alpha value is -7.13. The molecule has 4 aromatic carbocycles. The lowest BCUT2D eigenvalue weighted by atomic mass is 9.76. The summed E-state index contributed by atoms with van der Waals surface area (Å²) in [6, 6.07) is 44.2. The minimum atomic E-state index is -0.894. The zero-order chi connectivity index (χ0) is 39.6. The van der Waals surface area contributed by atoms with Gasteiger partial charge in [-0.2, -0.15) is 0 Å². The monoisotopic (exact) mass is 766 g/mol. The van der Waals surface area contributed by atoms with E-state index in [0.717, 1.165) is 56.4 Å². The van der Waals surface area contributed by atoms with Crippen LogP contribution in [0.15, 0.2) is 157 Å². The summed E-state index contributed by atoms with van der Waals surface area (Å²) in [6.45, 7) is 6.54. The van der Waals surface area contributed by atoms with Crippen molar-refractivity contribution in [1.29, 1.82) is 0 Å². The second-order valence-electron chi connectivity index (χ2n) is 15.8. The van der Waals surface area contributed by atoms with Crippen molar-refractivity contribution >= 4 is 6.16 Å². The first kappa shape index (κ1) is 35.3. The number of fused-ring (bicyclic) bond motifs is 16. The molecule has 0 aliphatic carbocycles. The minimum absolute atomic E-state index is 0.0508. The van der Waals surface area contributed by atoms with Gasteiger partial charge in [-0.25, -0.2) is 4.79 Å². The van der Waals surface area contributed by atoms with Gasteiger partial charge in [-0.3, -0.25) is 0 Å². The average molecular weight is 767 g/mol. The van der Waals surface area contributed by atoms with Gasteiger partial charge in [-0.1, -0.05) is 60.7 Å². The summed E-state index contributed by atoms with van der Waals surface area (Å²) in [6.07, 6.45) is 5.30. The van der Waals surface area contributed by atoms with E-state index in [9.17, 15) is 4.79 Å². The zero-order valence-electron chi connectivity index (χ0n) is 32.3. The van der Waals surface area contributed by atoms with Crippen molar-refractivity contribution in [2.45, 2.75) is 42.9 Å². The van der Waals surface area contributed by atoms with Crippen LogP contribution >= 0.6 is 0 Å². The maximum absolute atomic E-state index is 13.3. The van der Waals surface area contributed by atoms with E-state index in [1.165, 1.54) is 0 Å². The summed E-state index contributed by atoms with van der Waals surface area (Å²) < 4.78 is 24.0. The van der Waals surface area contributed by atoms with E-state index in [0.29, 0.717) is 28.7 Å². The van der Waals surface area contributed by atoms with Crippen molar-refractivity contribution in [3.8, 4) is 23.0 Å². The first-order valence-electron chi connectivity index (χ1n) is 19.4. The highest BCUT2D eigenvalue weighted by Gasteiger charge is 2.41. The van der Waals surface area contributed by atoms with Crippen LogP contribution in [0.1, 0.15) is 83.1 Å². The van der Waals surface area contributed by atoms with Gasteiger partial charge in [-0.15, -0.1) is 0 Å². The molecule has 3 aliphatic rings. The van der Waals surface area contributed by atoms with Gasteiger partial charge >= 0.3 is 6.16 Å². The van der Waals surface area contributed by atoms with Gasteiger partial charge in [0.25, 0.3) is 0 Å². The van der Waals surface area contributed by atoms with Crippen molar-refractivity contribution in [2.24, 2.45) is 5.73 Å². The summed E-state index contributed by atoms with van der Waals surface area (Å²) in [5.41, 5.74) is 14.9. The molecule has 3 aromatic heterocycles. The number of hydrogen-bond donors (Lipinski definition) is 4. The fourth-order valence-corrected chi connectivity index (χ4v) is 8.88. The molecule has 7 aromatic rings. The lowest BCUT2D eigenvalue weighted by Crippen LogP contribution is -2.33. The molecule has 0 spiro atoms. The van der Waals surface area contributed by atoms with E-state index >= 15 is 0 Å². The van der Waals surface area contributed by atoms with E-state index in [4.69, 9.17) is 24.7 Å². The van der Waals surface area contributed by atoms with Crippen LogP contribution in [0.25, 0.3) is 0 Å². The van der Waals surface area contributed by atoms with Crippen LogP contribution in [0.2, 0.25) is 0 Å². The fraction of sp³-hybridized carbons (Fsp3) is 0.163. The molecule has 0 fully saturated rings. The van der Waals surface area contributed by atoms with Crippen molar-refractivity contribution < 1.29 is 23.7 Å². The van der Waals surface area contributed by atoms with Gasteiger partial charge in [0, 0.05) is 45.8 Å². The van der Waals surface area contributed by atoms with Gasteiger partial charge in [-0.05, 0) is 134 Å². The van der Waals surface area contributed by atoms with Crippen LogP contribution in [-0.2, 0) is 16.2 Å². The third kappa shape index (κ3) is 5.56. The van der Waals surface area contributed by atoms with Gasteiger partial charge in [0.15, 0.2) is 0 Å². The molecule has 0 saturated heterocycles. The number of allylic oxidation sites excluding steroid dienone is 4. The Morgan fingerprint density at radius 2 is 1.02 bits per heavy atom. The summed E-state index contributed by atoms with van der Waals surface area (Å²) in [4.78, 5) is 25.0. The second kappa shape index (κ2) is 13.2. The van der Waals surface area contributed by atoms with E-state index in [1.807, 2.05) is 72.8 Å². The molecule has 0 amide bonds. The number of nitrogens with one attached hydrogen (secondary N) is 3. The number of benzene rings is 4. The molecule has 3 aliphatic heterocycles.